The van der Waals surface area contributed by atoms with Crippen molar-refractivity contribution in [1.29, 1.82) is 0 Å². The molecule has 0 radical (unpaired) electrons. The van der Waals surface area contributed by atoms with Gasteiger partial charge in [0.15, 0.2) is 0 Å². The molecule has 2 rings (SSSR count). The fourth-order valence-electron chi connectivity index (χ4n) is 1.39. The summed E-state index contributed by atoms with van der Waals surface area (Å²) in [6.45, 7) is -2.90. The summed E-state index contributed by atoms with van der Waals surface area (Å²) in [6, 6.07) is 9.20. The summed E-state index contributed by atoms with van der Waals surface area (Å²) in [6.07, 6.45) is 0. The van der Waals surface area contributed by atoms with Crippen LogP contribution in [0.3, 0.4) is 0 Å². The molecule has 0 spiro atoms. The van der Waals surface area contributed by atoms with Gasteiger partial charge in [0, 0.05) is 5.56 Å². The van der Waals surface area contributed by atoms with Gasteiger partial charge in [0.2, 0.25) is 5.78 Å². The first-order valence-electron chi connectivity index (χ1n) is 4.91. The Bertz CT molecular complexity index is 569. The third kappa shape index (κ3) is 3.14. The van der Waals surface area contributed by atoms with Gasteiger partial charge in [0.25, 0.3) is 0 Å². The van der Waals surface area contributed by atoms with Crippen LogP contribution in [0.1, 0.15) is 15.2 Å². The molecule has 1 aromatic carbocycles. The van der Waals surface area contributed by atoms with Gasteiger partial charge in [0.1, 0.15) is 5.75 Å². The van der Waals surface area contributed by atoms with E-state index in [9.17, 15) is 13.6 Å². The van der Waals surface area contributed by atoms with Crippen LogP contribution in [0.5, 0.6) is 5.75 Å². The monoisotopic (exact) mass is 332 g/mol. The zero-order valence-electron chi connectivity index (χ0n) is 8.90. The minimum absolute atomic E-state index is 0.0218. The summed E-state index contributed by atoms with van der Waals surface area (Å²) in [4.78, 5) is 12.6. The van der Waals surface area contributed by atoms with Crippen LogP contribution >= 0.6 is 27.3 Å². The van der Waals surface area contributed by atoms with Gasteiger partial charge in [-0.3, -0.25) is 4.79 Å². The average Bonchev–Trinajstić information content (AvgIpc) is 2.74. The zero-order valence-corrected chi connectivity index (χ0v) is 11.3. The van der Waals surface area contributed by atoms with Crippen LogP contribution in [0.2, 0.25) is 0 Å². The lowest BCUT2D eigenvalue weighted by Gasteiger charge is -2.05. The number of hydrogen-bond donors (Lipinski definition) is 0. The largest absolute Gasteiger partial charge is 0.435 e. The molecule has 1 heterocycles. The minimum Gasteiger partial charge on any atom is -0.435 e. The molecule has 0 unspecified atom stereocenters. The van der Waals surface area contributed by atoms with Crippen LogP contribution in [0.4, 0.5) is 8.78 Å². The second-order valence-corrected chi connectivity index (χ2v) is 5.80. The van der Waals surface area contributed by atoms with E-state index in [1.54, 1.807) is 18.2 Å². The average molecular weight is 333 g/mol. The summed E-state index contributed by atoms with van der Waals surface area (Å²) >= 11 is 4.55. The number of rotatable bonds is 4. The summed E-state index contributed by atoms with van der Waals surface area (Å²) in [5.41, 5.74) is 0.322. The van der Waals surface area contributed by atoms with Crippen LogP contribution in [-0.4, -0.2) is 12.4 Å². The lowest BCUT2D eigenvalue weighted by Crippen LogP contribution is -2.04. The molecule has 0 fully saturated rings. The molecule has 6 heteroatoms. The minimum atomic E-state index is -2.90. The summed E-state index contributed by atoms with van der Waals surface area (Å²) in [7, 11) is 0. The SMILES string of the molecule is O=C(c1cccc(OC(F)F)c1)c1ccc(Br)s1. The Labute approximate surface area is 114 Å². The molecule has 0 atom stereocenters. The quantitative estimate of drug-likeness (QED) is 0.778. The lowest BCUT2D eigenvalue weighted by molar-refractivity contribution is -0.0498. The molecule has 0 aliphatic rings. The molecular weight excluding hydrogens is 326 g/mol. The molecule has 0 saturated carbocycles. The Kier molecular flexibility index (Phi) is 4.08. The number of benzene rings is 1. The topological polar surface area (TPSA) is 26.3 Å². The lowest BCUT2D eigenvalue weighted by atomic mass is 10.1. The van der Waals surface area contributed by atoms with Crippen LogP contribution in [-0.2, 0) is 0 Å². The van der Waals surface area contributed by atoms with E-state index in [-0.39, 0.29) is 11.5 Å². The van der Waals surface area contributed by atoms with Gasteiger partial charge in [-0.05, 0) is 40.2 Å². The van der Waals surface area contributed by atoms with E-state index in [1.165, 1.54) is 29.5 Å². The fourth-order valence-corrected chi connectivity index (χ4v) is 2.74. The van der Waals surface area contributed by atoms with Gasteiger partial charge in [-0.25, -0.2) is 0 Å². The fraction of sp³-hybridized carbons (Fsp3) is 0.0833. The van der Waals surface area contributed by atoms with Crippen LogP contribution < -0.4 is 4.74 Å². The maximum atomic E-state index is 12.1. The molecule has 94 valence electrons. The van der Waals surface area contributed by atoms with E-state index in [0.717, 1.165) is 3.79 Å². The second-order valence-electron chi connectivity index (χ2n) is 3.34. The number of carbonyl (C=O) groups is 1. The Hall–Kier alpha value is -1.27. The van der Waals surface area contributed by atoms with E-state index < -0.39 is 6.61 Å². The number of ketones is 1. The predicted octanol–water partition coefficient (Wildman–Crippen LogP) is 4.34. The van der Waals surface area contributed by atoms with Crippen LogP contribution in [0, 0.1) is 0 Å². The molecule has 0 saturated heterocycles. The van der Waals surface area contributed by atoms with Crippen molar-refractivity contribution < 1.29 is 18.3 Å². The van der Waals surface area contributed by atoms with E-state index in [2.05, 4.69) is 20.7 Å². The number of ether oxygens (including phenoxy) is 1. The van der Waals surface area contributed by atoms with Gasteiger partial charge in [-0.15, -0.1) is 11.3 Å². The molecule has 0 amide bonds. The van der Waals surface area contributed by atoms with Crippen molar-refractivity contribution >= 4 is 33.0 Å². The molecule has 2 nitrogen and oxygen atoms in total. The normalized spacial score (nSPS) is 10.7. The number of hydrogen-bond acceptors (Lipinski definition) is 3. The summed E-state index contributed by atoms with van der Waals surface area (Å²) in [5, 5.41) is 0. The number of alkyl halides is 2. The van der Waals surface area contributed by atoms with Gasteiger partial charge in [-0.1, -0.05) is 12.1 Å². The van der Waals surface area contributed by atoms with Crippen molar-refractivity contribution in [1.82, 2.24) is 0 Å². The maximum Gasteiger partial charge on any atom is 0.387 e. The second kappa shape index (κ2) is 5.58. The zero-order chi connectivity index (χ0) is 13.1. The highest BCUT2D eigenvalue weighted by atomic mass is 79.9. The Morgan fingerprint density at radius 3 is 2.67 bits per heavy atom. The third-order valence-electron chi connectivity index (χ3n) is 2.12. The number of halogens is 3. The Morgan fingerprint density at radius 2 is 2.06 bits per heavy atom. The standard InChI is InChI=1S/C12H7BrF2O2S/c13-10-5-4-9(18-10)11(16)7-2-1-3-8(6-7)17-12(14)15/h1-6,12H. The molecule has 18 heavy (non-hydrogen) atoms. The predicted molar refractivity (Wildman–Crippen MR) is 68.5 cm³/mol. The van der Waals surface area contributed by atoms with Crippen molar-refractivity contribution in [2.45, 2.75) is 6.61 Å². The van der Waals surface area contributed by atoms with E-state index in [1.807, 2.05) is 0 Å². The van der Waals surface area contributed by atoms with Crippen molar-refractivity contribution in [2.24, 2.45) is 0 Å². The van der Waals surface area contributed by atoms with E-state index >= 15 is 0 Å². The van der Waals surface area contributed by atoms with E-state index in [0.29, 0.717) is 10.4 Å². The first-order valence-corrected chi connectivity index (χ1v) is 6.52. The molecular formula is C12H7BrF2O2S. The highest BCUT2D eigenvalue weighted by molar-refractivity contribution is 9.11. The van der Waals surface area contributed by atoms with Crippen molar-refractivity contribution in [3.8, 4) is 5.75 Å². The van der Waals surface area contributed by atoms with Gasteiger partial charge >= 0.3 is 6.61 Å². The summed E-state index contributed by atoms with van der Waals surface area (Å²) < 4.78 is 29.2. The molecule has 1 aromatic heterocycles. The van der Waals surface area contributed by atoms with Crippen molar-refractivity contribution in [3.05, 3.63) is 50.6 Å². The van der Waals surface area contributed by atoms with Gasteiger partial charge < -0.3 is 4.74 Å². The van der Waals surface area contributed by atoms with E-state index in [4.69, 9.17) is 0 Å². The number of thiophene rings is 1. The molecule has 0 aliphatic carbocycles. The van der Waals surface area contributed by atoms with Crippen molar-refractivity contribution in [2.75, 3.05) is 0 Å². The van der Waals surface area contributed by atoms with Gasteiger partial charge in [-0.2, -0.15) is 8.78 Å². The molecule has 2 aromatic rings. The van der Waals surface area contributed by atoms with Crippen LogP contribution in [0.15, 0.2) is 40.2 Å². The highest BCUT2D eigenvalue weighted by Gasteiger charge is 2.13. The summed E-state index contributed by atoms with van der Waals surface area (Å²) in [5.74, 6) is -0.239. The molecule has 0 aliphatic heterocycles. The molecule has 0 bridgehead atoms. The third-order valence-corrected chi connectivity index (χ3v) is 3.74. The highest BCUT2D eigenvalue weighted by Crippen LogP contribution is 2.25. The van der Waals surface area contributed by atoms with Crippen molar-refractivity contribution in [3.63, 3.8) is 0 Å². The van der Waals surface area contributed by atoms with Crippen LogP contribution in [0.25, 0.3) is 0 Å². The Morgan fingerprint density at radius 1 is 1.28 bits per heavy atom. The maximum absolute atomic E-state index is 12.1. The number of carbonyl (C=O) groups excluding carboxylic acids is 1. The Balaban J connectivity index is 2.25. The first kappa shape index (κ1) is 13.2. The first-order chi connectivity index (χ1) is 8.56. The smallest absolute Gasteiger partial charge is 0.387 e. The molecule has 0 N–H and O–H groups in total. The van der Waals surface area contributed by atoms with Gasteiger partial charge in [0.05, 0.1) is 8.66 Å².